The van der Waals surface area contributed by atoms with E-state index < -0.39 is 138 Å². The second-order valence-electron chi connectivity index (χ2n) is 20.7. The van der Waals surface area contributed by atoms with Crippen molar-refractivity contribution in [3.05, 3.63) is 29.8 Å². The quantitative estimate of drug-likeness (QED) is 0.143. The Balaban J connectivity index is 2.20. The Morgan fingerprint density at radius 1 is 0.861 bits per heavy atom. The topological polar surface area (TPSA) is 280 Å². The first-order valence-corrected chi connectivity index (χ1v) is 25.0. The van der Waals surface area contributed by atoms with Crippen LogP contribution in [-0.4, -0.2) is 173 Å². The lowest BCUT2D eigenvalue weighted by atomic mass is 9.95. The second kappa shape index (κ2) is 27.3. The molecule has 11 atom stereocenters. The molecule has 2 fully saturated rings. The van der Waals surface area contributed by atoms with Gasteiger partial charge in [-0.1, -0.05) is 67.5 Å². The Kier molecular flexibility index (Phi) is 22.9. The molecule has 1 aromatic rings. The van der Waals surface area contributed by atoms with Crippen LogP contribution in [0.4, 0.5) is 0 Å². The molecule has 2 aliphatic heterocycles. The third kappa shape index (κ3) is 16.6. The van der Waals surface area contributed by atoms with Gasteiger partial charge in [-0.15, -0.1) is 0 Å². The number of carbonyl (C=O) groups is 9. The van der Waals surface area contributed by atoms with Gasteiger partial charge in [-0.2, -0.15) is 0 Å². The number of aliphatic hydroxyl groups is 2. The van der Waals surface area contributed by atoms with Crippen molar-refractivity contribution in [2.24, 2.45) is 23.7 Å². The van der Waals surface area contributed by atoms with Gasteiger partial charge >= 0.3 is 11.9 Å². The number of cyclic esters (lactones) is 2. The van der Waals surface area contributed by atoms with E-state index in [0.717, 1.165) is 4.90 Å². The Morgan fingerprint density at radius 2 is 1.49 bits per heavy atom. The van der Waals surface area contributed by atoms with Crippen LogP contribution in [0.25, 0.3) is 0 Å². The summed E-state index contributed by atoms with van der Waals surface area (Å²) in [5, 5.41) is 32.4. The number of aliphatic hydroxyl groups excluding tert-OH is 2. The molecule has 6 N–H and O–H groups in total. The molecule has 21 nitrogen and oxygen atoms in total. The second-order valence-corrected chi connectivity index (χ2v) is 20.7. The van der Waals surface area contributed by atoms with E-state index in [1.54, 1.807) is 52.0 Å². The van der Waals surface area contributed by atoms with Crippen LogP contribution >= 0.6 is 0 Å². The van der Waals surface area contributed by atoms with Crippen molar-refractivity contribution in [2.75, 3.05) is 27.7 Å². The number of hydrogen-bond donors (Lipinski definition) is 6. The van der Waals surface area contributed by atoms with E-state index in [4.69, 9.17) is 14.2 Å². The minimum atomic E-state index is -1.73. The summed E-state index contributed by atoms with van der Waals surface area (Å²) in [5.74, 6) is -8.19. The Morgan fingerprint density at radius 3 is 2.03 bits per heavy atom. The summed E-state index contributed by atoms with van der Waals surface area (Å²) in [6.45, 7) is 18.2. The molecule has 1 aromatic carbocycles. The van der Waals surface area contributed by atoms with E-state index in [0.29, 0.717) is 17.7 Å². The largest absolute Gasteiger partial charge is 0.497 e. The van der Waals surface area contributed by atoms with Crippen molar-refractivity contribution in [1.82, 2.24) is 36.0 Å². The van der Waals surface area contributed by atoms with E-state index in [-0.39, 0.29) is 44.1 Å². The number of nitrogens with one attached hydrogen (secondary N) is 4. The Hall–Kier alpha value is -5.83. The van der Waals surface area contributed by atoms with Crippen LogP contribution in [0.3, 0.4) is 0 Å². The SMILES string of the molecule is COc1ccc(C[C@H]2C(=O)O[C@H](C)[C@H](NC(=O)[C@@H](CC(C)C)N(C)C(=O)C3CCCN3C(=O)[C@H](C)O)C(=O)N[C@H](C(C)C)[C@@H](O)CC(=O)O[C@@H](C(C)C)C(=O)N[C@@H](CC(C)C)C(=O)N[C@@H](C)C(=O)N2C)cc1. The van der Waals surface area contributed by atoms with Gasteiger partial charge in [0.25, 0.3) is 11.8 Å². The van der Waals surface area contributed by atoms with Gasteiger partial charge in [-0.25, -0.2) is 4.79 Å². The molecule has 404 valence electrons. The van der Waals surface area contributed by atoms with Gasteiger partial charge in [0, 0.05) is 27.1 Å². The summed E-state index contributed by atoms with van der Waals surface area (Å²) in [6, 6.07) is -2.30. The average Bonchev–Trinajstić information content (AvgIpc) is 3.80. The third-order valence-electron chi connectivity index (χ3n) is 13.0. The molecule has 3 rings (SSSR count). The predicted octanol–water partition coefficient (Wildman–Crippen LogP) is 1.23. The van der Waals surface area contributed by atoms with Crippen LogP contribution in [0.15, 0.2) is 24.3 Å². The standard InChI is InChI=1S/C51H81N7O14/c1-26(2)22-35-44(62)52-30(9)48(66)57(13)38(24-33-17-19-34(70-14)20-18-33)51(69)71-32(11)42(46(64)54-41(28(5)6)39(60)25-40(61)72-43(29(7)8)47(65)53-35)55-45(63)37(23-27(3)4)56(12)50(68)36-16-15-21-58(36)49(67)31(10)59/h17-20,26-32,35-39,41-43,59-60H,15-16,21-25H2,1-14H3,(H,52,62)(H,53,65)(H,54,64)(H,55,63)/t30-,31-,32+,35-,36?,37+,38-,39-,41+,42-,43-/m0/s1. The molecule has 2 heterocycles. The van der Waals surface area contributed by atoms with Crippen LogP contribution in [0.2, 0.25) is 0 Å². The van der Waals surface area contributed by atoms with Crippen molar-refractivity contribution < 1.29 is 67.6 Å². The molecule has 72 heavy (non-hydrogen) atoms. The van der Waals surface area contributed by atoms with Gasteiger partial charge in [0.2, 0.25) is 29.5 Å². The summed E-state index contributed by atoms with van der Waals surface area (Å²) in [7, 11) is 4.24. The van der Waals surface area contributed by atoms with Gasteiger partial charge in [0.05, 0.1) is 25.7 Å². The zero-order valence-corrected chi connectivity index (χ0v) is 44.6. The van der Waals surface area contributed by atoms with E-state index in [2.05, 4.69) is 21.3 Å². The minimum absolute atomic E-state index is 0.0856. The molecule has 0 aliphatic carbocycles. The monoisotopic (exact) mass is 1020 g/mol. The van der Waals surface area contributed by atoms with Gasteiger partial charge < -0.3 is 60.4 Å². The molecule has 0 aromatic heterocycles. The lowest BCUT2D eigenvalue weighted by Crippen LogP contribution is -2.62. The number of amides is 7. The fourth-order valence-corrected chi connectivity index (χ4v) is 8.87. The number of carbonyl (C=O) groups excluding carboxylic acids is 9. The van der Waals surface area contributed by atoms with Gasteiger partial charge in [-0.3, -0.25) is 38.4 Å². The van der Waals surface area contributed by atoms with Crippen molar-refractivity contribution >= 4 is 53.3 Å². The maximum atomic E-state index is 14.7. The Bertz CT molecular complexity index is 2060. The highest BCUT2D eigenvalue weighted by atomic mass is 16.6. The lowest BCUT2D eigenvalue weighted by Gasteiger charge is -2.36. The van der Waals surface area contributed by atoms with Crippen LogP contribution in [-0.2, 0) is 59.0 Å². The number of likely N-dealkylation sites (tertiary alicyclic amines) is 1. The normalized spacial score (nSPS) is 26.5. The molecular formula is C51H81N7O14. The highest BCUT2D eigenvalue weighted by Gasteiger charge is 2.43. The minimum Gasteiger partial charge on any atom is -0.497 e. The van der Waals surface area contributed by atoms with Crippen LogP contribution in [0, 0.1) is 23.7 Å². The molecule has 21 heteroatoms. The molecule has 7 amide bonds. The molecule has 0 radical (unpaired) electrons. The fraction of sp³-hybridized carbons (Fsp3) is 0.706. The summed E-state index contributed by atoms with van der Waals surface area (Å²) in [4.78, 5) is 130. The number of ether oxygens (including phenoxy) is 3. The molecule has 0 spiro atoms. The van der Waals surface area contributed by atoms with Crippen LogP contribution in [0.1, 0.15) is 114 Å². The highest BCUT2D eigenvalue weighted by molar-refractivity contribution is 5.96. The zero-order chi connectivity index (χ0) is 54.5. The van der Waals surface area contributed by atoms with E-state index in [1.807, 2.05) is 27.7 Å². The first-order chi connectivity index (χ1) is 33.6. The summed E-state index contributed by atoms with van der Waals surface area (Å²) >= 11 is 0. The fourth-order valence-electron chi connectivity index (χ4n) is 8.87. The predicted molar refractivity (Wildman–Crippen MR) is 264 cm³/mol. The van der Waals surface area contributed by atoms with Crippen molar-refractivity contribution in [2.45, 2.75) is 181 Å². The smallest absolute Gasteiger partial charge is 0.329 e. The summed E-state index contributed by atoms with van der Waals surface area (Å²) in [6.07, 6.45) is -5.75. The van der Waals surface area contributed by atoms with Crippen molar-refractivity contribution in [3.8, 4) is 5.75 Å². The first kappa shape index (κ1) is 60.5. The molecular weight excluding hydrogens is 935 g/mol. The number of benzene rings is 1. The van der Waals surface area contributed by atoms with E-state index in [1.165, 1.54) is 51.8 Å². The molecule has 1 unspecified atom stereocenters. The number of esters is 2. The number of nitrogens with zero attached hydrogens (tertiary/aromatic N) is 3. The summed E-state index contributed by atoms with van der Waals surface area (Å²) < 4.78 is 17.0. The zero-order valence-electron chi connectivity index (χ0n) is 44.6. The maximum Gasteiger partial charge on any atom is 0.329 e. The Labute approximate surface area is 424 Å². The number of methoxy groups -OCH3 is 1. The maximum absolute atomic E-state index is 14.7. The number of rotatable bonds is 14. The van der Waals surface area contributed by atoms with Crippen LogP contribution in [0.5, 0.6) is 5.75 Å². The number of hydrogen-bond acceptors (Lipinski definition) is 14. The molecule has 2 aliphatic rings. The highest BCUT2D eigenvalue weighted by Crippen LogP contribution is 2.24. The van der Waals surface area contributed by atoms with Gasteiger partial charge in [-0.05, 0) is 87.8 Å². The third-order valence-corrected chi connectivity index (χ3v) is 13.0. The van der Waals surface area contributed by atoms with E-state index in [9.17, 15) is 53.4 Å². The average molecular weight is 1020 g/mol. The summed E-state index contributed by atoms with van der Waals surface area (Å²) in [5.41, 5.74) is 0.569. The lowest BCUT2D eigenvalue weighted by molar-refractivity contribution is -0.162. The molecule has 0 saturated carbocycles. The van der Waals surface area contributed by atoms with Gasteiger partial charge in [0.1, 0.15) is 54.2 Å². The molecule has 2 saturated heterocycles. The van der Waals surface area contributed by atoms with Crippen LogP contribution < -0.4 is 26.0 Å². The van der Waals surface area contributed by atoms with Crippen molar-refractivity contribution in [3.63, 3.8) is 0 Å². The van der Waals surface area contributed by atoms with Gasteiger partial charge in [0.15, 0.2) is 6.10 Å². The van der Waals surface area contributed by atoms with Crippen molar-refractivity contribution in [1.29, 1.82) is 0 Å². The first-order valence-electron chi connectivity index (χ1n) is 25.0. The number of likely N-dealkylation sites (N-methyl/N-ethyl adjacent to an activating group) is 2. The van der Waals surface area contributed by atoms with E-state index >= 15 is 0 Å². The molecule has 0 bridgehead atoms.